The molecule has 1 aliphatic rings. The highest BCUT2D eigenvalue weighted by molar-refractivity contribution is 6.32. The van der Waals surface area contributed by atoms with Gasteiger partial charge in [-0.3, -0.25) is 4.79 Å². The van der Waals surface area contributed by atoms with E-state index in [0.717, 1.165) is 37.2 Å². The molecule has 0 unspecified atom stereocenters. The smallest absolute Gasteiger partial charge is 0.166 e. The number of piperidine rings is 1. The number of hydrogen-bond acceptors (Lipinski definition) is 3. The Bertz CT molecular complexity index is 788. The molecule has 3 nitrogen and oxygen atoms in total. The molecule has 5 heteroatoms. The molecule has 0 saturated carbocycles. The molecular formula is C19H16Cl2N2O. The van der Waals surface area contributed by atoms with Crippen molar-refractivity contribution in [3.63, 3.8) is 0 Å². The fourth-order valence-electron chi connectivity index (χ4n) is 3.04. The summed E-state index contributed by atoms with van der Waals surface area (Å²) < 4.78 is 0. The van der Waals surface area contributed by atoms with Crippen LogP contribution in [0.3, 0.4) is 0 Å². The maximum atomic E-state index is 12.6. The molecule has 0 aliphatic carbocycles. The summed E-state index contributed by atoms with van der Waals surface area (Å²) in [6.07, 6.45) is 1.61. The van der Waals surface area contributed by atoms with Crippen molar-refractivity contribution in [2.75, 3.05) is 18.0 Å². The quantitative estimate of drug-likeness (QED) is 0.727. The summed E-state index contributed by atoms with van der Waals surface area (Å²) in [6.45, 7) is 1.60. The van der Waals surface area contributed by atoms with E-state index in [9.17, 15) is 4.79 Å². The Morgan fingerprint density at radius 3 is 2.33 bits per heavy atom. The summed E-state index contributed by atoms with van der Waals surface area (Å²) in [5.74, 6) is 0.223. The molecule has 0 amide bonds. The Morgan fingerprint density at radius 2 is 1.75 bits per heavy atom. The van der Waals surface area contributed by atoms with Gasteiger partial charge in [0.05, 0.1) is 10.6 Å². The first-order chi connectivity index (χ1) is 11.6. The normalized spacial score (nSPS) is 15.1. The van der Waals surface area contributed by atoms with Crippen molar-refractivity contribution in [3.8, 4) is 6.07 Å². The lowest BCUT2D eigenvalue weighted by Crippen LogP contribution is -2.36. The molecule has 1 aliphatic heterocycles. The molecule has 0 N–H and O–H groups in total. The Hall–Kier alpha value is -2.02. The lowest BCUT2D eigenvalue weighted by atomic mass is 9.88. The van der Waals surface area contributed by atoms with Gasteiger partial charge < -0.3 is 4.90 Å². The highest BCUT2D eigenvalue weighted by Crippen LogP contribution is 2.29. The maximum Gasteiger partial charge on any atom is 0.166 e. The lowest BCUT2D eigenvalue weighted by Gasteiger charge is -2.33. The molecule has 24 heavy (non-hydrogen) atoms. The third kappa shape index (κ3) is 3.56. The van der Waals surface area contributed by atoms with Crippen molar-refractivity contribution in [3.05, 3.63) is 63.6 Å². The average Bonchev–Trinajstić information content (AvgIpc) is 2.62. The van der Waals surface area contributed by atoms with Crippen LogP contribution in [0.4, 0.5) is 5.69 Å². The van der Waals surface area contributed by atoms with E-state index in [2.05, 4.69) is 11.0 Å². The zero-order chi connectivity index (χ0) is 17.1. The Kier molecular flexibility index (Phi) is 5.08. The van der Waals surface area contributed by atoms with Crippen molar-refractivity contribution in [2.45, 2.75) is 12.8 Å². The minimum atomic E-state index is 0.0382. The van der Waals surface area contributed by atoms with E-state index in [1.807, 2.05) is 12.1 Å². The third-order valence-corrected chi connectivity index (χ3v) is 5.00. The SMILES string of the molecule is N#Cc1ccc(N2CCC(C(=O)c3ccc(Cl)cc3)CC2)cc1Cl. The number of halogens is 2. The monoisotopic (exact) mass is 358 g/mol. The molecule has 2 aromatic carbocycles. The van der Waals surface area contributed by atoms with Crippen LogP contribution in [-0.4, -0.2) is 18.9 Å². The number of carbonyl (C=O) groups excluding carboxylic acids is 1. The second-order valence-electron chi connectivity index (χ2n) is 5.91. The number of anilines is 1. The molecule has 0 radical (unpaired) electrons. The molecule has 0 aromatic heterocycles. The number of nitriles is 1. The predicted molar refractivity (Wildman–Crippen MR) is 96.9 cm³/mol. The summed E-state index contributed by atoms with van der Waals surface area (Å²) in [4.78, 5) is 14.8. The van der Waals surface area contributed by atoms with E-state index in [-0.39, 0.29) is 11.7 Å². The molecule has 1 fully saturated rings. The Labute approximate surface area is 151 Å². The van der Waals surface area contributed by atoms with Crippen molar-refractivity contribution in [2.24, 2.45) is 5.92 Å². The average molecular weight is 359 g/mol. The van der Waals surface area contributed by atoms with Crippen LogP contribution in [0.1, 0.15) is 28.8 Å². The zero-order valence-corrected chi connectivity index (χ0v) is 14.5. The second kappa shape index (κ2) is 7.25. The largest absolute Gasteiger partial charge is 0.371 e. The van der Waals surface area contributed by atoms with Gasteiger partial charge in [-0.2, -0.15) is 5.26 Å². The standard InChI is InChI=1S/C19H16Cl2N2O/c20-16-4-1-13(2-5-16)19(24)14-7-9-23(10-8-14)17-6-3-15(12-22)18(21)11-17/h1-6,11,14H,7-10H2. The third-order valence-electron chi connectivity index (χ3n) is 4.43. The van der Waals surface area contributed by atoms with Crippen LogP contribution in [0.15, 0.2) is 42.5 Å². The van der Waals surface area contributed by atoms with Crippen molar-refractivity contribution in [1.82, 2.24) is 0 Å². The molecule has 0 atom stereocenters. The number of Topliss-reactive ketones (excluding diaryl/α,β-unsaturated/α-hetero) is 1. The highest BCUT2D eigenvalue weighted by atomic mass is 35.5. The van der Waals surface area contributed by atoms with E-state index in [4.69, 9.17) is 28.5 Å². The molecule has 0 bridgehead atoms. The molecular weight excluding hydrogens is 343 g/mol. The lowest BCUT2D eigenvalue weighted by molar-refractivity contribution is 0.0900. The van der Waals surface area contributed by atoms with Gasteiger partial charge in [0.15, 0.2) is 5.78 Å². The minimum Gasteiger partial charge on any atom is -0.371 e. The number of benzene rings is 2. The van der Waals surface area contributed by atoms with Gasteiger partial charge in [-0.25, -0.2) is 0 Å². The zero-order valence-electron chi connectivity index (χ0n) is 13.0. The molecule has 2 aromatic rings. The van der Waals surface area contributed by atoms with E-state index in [0.29, 0.717) is 15.6 Å². The van der Waals surface area contributed by atoms with Gasteiger partial charge in [-0.1, -0.05) is 23.2 Å². The van der Waals surface area contributed by atoms with Crippen LogP contribution in [0.25, 0.3) is 0 Å². The number of nitrogens with zero attached hydrogens (tertiary/aromatic N) is 2. The Balaban J connectivity index is 1.65. The molecule has 1 saturated heterocycles. The van der Waals surface area contributed by atoms with E-state index in [1.54, 1.807) is 30.3 Å². The fraction of sp³-hybridized carbons (Fsp3) is 0.263. The van der Waals surface area contributed by atoms with Gasteiger partial charge in [0.25, 0.3) is 0 Å². The van der Waals surface area contributed by atoms with Gasteiger partial charge >= 0.3 is 0 Å². The topological polar surface area (TPSA) is 44.1 Å². The first-order valence-corrected chi connectivity index (χ1v) is 8.58. The van der Waals surface area contributed by atoms with Crippen LogP contribution in [-0.2, 0) is 0 Å². The summed E-state index contributed by atoms with van der Waals surface area (Å²) in [5, 5.41) is 10.1. The van der Waals surface area contributed by atoms with Gasteiger partial charge in [-0.05, 0) is 55.3 Å². The minimum absolute atomic E-state index is 0.0382. The van der Waals surface area contributed by atoms with Gasteiger partial charge in [0.1, 0.15) is 6.07 Å². The second-order valence-corrected chi connectivity index (χ2v) is 6.75. The number of hydrogen-bond donors (Lipinski definition) is 0. The maximum absolute atomic E-state index is 12.6. The summed E-state index contributed by atoms with van der Waals surface area (Å²) in [6, 6.07) is 14.6. The summed E-state index contributed by atoms with van der Waals surface area (Å²) in [7, 11) is 0. The molecule has 3 rings (SSSR count). The molecule has 1 heterocycles. The molecule has 0 spiro atoms. The van der Waals surface area contributed by atoms with Crippen molar-refractivity contribution >= 4 is 34.7 Å². The molecule has 122 valence electrons. The van der Waals surface area contributed by atoms with Crippen molar-refractivity contribution < 1.29 is 4.79 Å². The number of rotatable bonds is 3. The fourth-order valence-corrected chi connectivity index (χ4v) is 3.38. The van der Waals surface area contributed by atoms with Crippen molar-refractivity contribution in [1.29, 1.82) is 5.26 Å². The van der Waals surface area contributed by atoms with Crippen LogP contribution in [0.5, 0.6) is 0 Å². The van der Waals surface area contributed by atoms with Gasteiger partial charge in [0, 0.05) is 35.3 Å². The van der Waals surface area contributed by atoms with Crippen LogP contribution in [0.2, 0.25) is 10.0 Å². The van der Waals surface area contributed by atoms with E-state index < -0.39 is 0 Å². The Morgan fingerprint density at radius 1 is 1.08 bits per heavy atom. The van der Waals surface area contributed by atoms with Gasteiger partial charge in [-0.15, -0.1) is 0 Å². The first-order valence-electron chi connectivity index (χ1n) is 7.83. The highest BCUT2D eigenvalue weighted by Gasteiger charge is 2.26. The van der Waals surface area contributed by atoms with Crippen LogP contribution >= 0.6 is 23.2 Å². The van der Waals surface area contributed by atoms with E-state index in [1.165, 1.54) is 0 Å². The van der Waals surface area contributed by atoms with Gasteiger partial charge in [0.2, 0.25) is 0 Å². The number of carbonyl (C=O) groups is 1. The number of ketones is 1. The summed E-state index contributed by atoms with van der Waals surface area (Å²) in [5.41, 5.74) is 2.20. The van der Waals surface area contributed by atoms with Crippen LogP contribution in [0, 0.1) is 17.2 Å². The summed E-state index contributed by atoms with van der Waals surface area (Å²) >= 11 is 12.0. The van der Waals surface area contributed by atoms with Crippen LogP contribution < -0.4 is 4.90 Å². The first kappa shape index (κ1) is 16.8. The van der Waals surface area contributed by atoms with E-state index >= 15 is 0 Å². The predicted octanol–water partition coefficient (Wildman–Crippen LogP) is 4.96.